The fourth-order valence-corrected chi connectivity index (χ4v) is 2.95. The molecule has 8 heteroatoms. The maximum Gasteiger partial charge on any atom is 0.234 e. The van der Waals surface area contributed by atoms with E-state index < -0.39 is 0 Å². The summed E-state index contributed by atoms with van der Waals surface area (Å²) in [5.74, 6) is 2.05. The van der Waals surface area contributed by atoms with Crippen LogP contribution >= 0.6 is 11.8 Å². The number of nitrogens with one attached hydrogen (secondary N) is 2. The highest BCUT2D eigenvalue weighted by atomic mass is 32.2. The lowest BCUT2D eigenvalue weighted by molar-refractivity contribution is -0.113. The number of benzene rings is 2. The number of thioether (sulfide) groups is 1. The molecule has 2 N–H and O–H groups in total. The van der Waals surface area contributed by atoms with Crippen molar-refractivity contribution in [3.05, 3.63) is 59.9 Å². The highest BCUT2D eigenvalue weighted by molar-refractivity contribution is 7.99. The molecule has 0 saturated heterocycles. The Morgan fingerprint density at radius 2 is 1.89 bits per heavy atom. The van der Waals surface area contributed by atoms with Gasteiger partial charge in [0.1, 0.15) is 18.1 Å². The maximum absolute atomic E-state index is 12.1. The number of methoxy groups -OCH3 is 1. The van der Waals surface area contributed by atoms with Crippen LogP contribution in [0.4, 0.5) is 5.69 Å². The Hall–Kier alpha value is -3.00. The van der Waals surface area contributed by atoms with Gasteiger partial charge in [0.2, 0.25) is 11.1 Å². The summed E-state index contributed by atoms with van der Waals surface area (Å²) < 4.78 is 10.9. The summed E-state index contributed by atoms with van der Waals surface area (Å²) in [6, 6.07) is 15.0. The third-order valence-electron chi connectivity index (χ3n) is 3.68. The molecule has 0 spiro atoms. The normalized spacial score (nSPS) is 10.4. The van der Waals surface area contributed by atoms with E-state index in [4.69, 9.17) is 9.47 Å². The van der Waals surface area contributed by atoms with Crippen molar-refractivity contribution in [1.29, 1.82) is 0 Å². The molecule has 2 aromatic carbocycles. The molecule has 0 aliphatic carbocycles. The van der Waals surface area contributed by atoms with Crippen molar-refractivity contribution < 1.29 is 14.3 Å². The first-order chi connectivity index (χ1) is 13.2. The standard InChI is InChI=1S/C19H20N4O3S/c1-13-7-3-5-9-15(13)26-11-17-21-19(23-22-17)27-12-18(24)20-14-8-4-6-10-16(14)25-2/h3-10H,11-12H2,1-2H3,(H,20,24)(H,21,22,23). The van der Waals surface area contributed by atoms with Crippen molar-refractivity contribution in [3.63, 3.8) is 0 Å². The van der Waals surface area contributed by atoms with Crippen molar-refractivity contribution >= 4 is 23.4 Å². The number of aryl methyl sites for hydroxylation is 1. The molecule has 3 aromatic rings. The van der Waals surface area contributed by atoms with Gasteiger partial charge < -0.3 is 14.8 Å². The summed E-state index contributed by atoms with van der Waals surface area (Å²) in [7, 11) is 1.56. The first-order valence-electron chi connectivity index (χ1n) is 8.31. The first kappa shape index (κ1) is 18.8. The monoisotopic (exact) mass is 384 g/mol. The van der Waals surface area contributed by atoms with Gasteiger partial charge in [-0.3, -0.25) is 9.89 Å². The number of H-pyrrole nitrogens is 1. The van der Waals surface area contributed by atoms with Gasteiger partial charge in [-0.05, 0) is 30.7 Å². The predicted octanol–water partition coefficient (Wildman–Crippen LogP) is 3.43. The number of rotatable bonds is 8. The van der Waals surface area contributed by atoms with Crippen molar-refractivity contribution in [2.45, 2.75) is 18.7 Å². The lowest BCUT2D eigenvalue weighted by Gasteiger charge is -2.08. The van der Waals surface area contributed by atoms with E-state index in [0.29, 0.717) is 22.4 Å². The lowest BCUT2D eigenvalue weighted by atomic mass is 10.2. The minimum atomic E-state index is -0.160. The molecular formula is C19H20N4O3S. The third-order valence-corrected chi connectivity index (χ3v) is 4.53. The molecule has 1 heterocycles. The van der Waals surface area contributed by atoms with Gasteiger partial charge in [0, 0.05) is 0 Å². The molecule has 1 aromatic heterocycles. The van der Waals surface area contributed by atoms with Crippen LogP contribution in [0.5, 0.6) is 11.5 Å². The number of aromatic nitrogens is 3. The molecule has 0 atom stereocenters. The molecule has 7 nitrogen and oxygen atoms in total. The molecule has 0 radical (unpaired) electrons. The average molecular weight is 384 g/mol. The quantitative estimate of drug-likeness (QED) is 0.579. The number of anilines is 1. The van der Waals surface area contributed by atoms with Crippen LogP contribution in [0.3, 0.4) is 0 Å². The second kappa shape index (κ2) is 9.09. The molecule has 0 unspecified atom stereocenters. The Morgan fingerprint density at radius 3 is 2.67 bits per heavy atom. The van der Waals surface area contributed by atoms with E-state index in [-0.39, 0.29) is 18.3 Å². The Balaban J connectivity index is 1.49. The largest absolute Gasteiger partial charge is 0.495 e. The number of para-hydroxylation sites is 3. The van der Waals surface area contributed by atoms with Gasteiger partial charge in [0.25, 0.3) is 0 Å². The Labute approximate surface area is 161 Å². The molecule has 0 aliphatic rings. The molecule has 0 fully saturated rings. The Morgan fingerprint density at radius 1 is 1.15 bits per heavy atom. The molecule has 0 aliphatic heterocycles. The number of carbonyl (C=O) groups excluding carboxylic acids is 1. The van der Waals surface area contributed by atoms with E-state index in [9.17, 15) is 4.79 Å². The zero-order valence-electron chi connectivity index (χ0n) is 15.1. The summed E-state index contributed by atoms with van der Waals surface area (Å²) >= 11 is 1.25. The molecule has 140 valence electrons. The van der Waals surface area contributed by atoms with Gasteiger partial charge in [-0.15, -0.1) is 5.10 Å². The Kier molecular flexibility index (Phi) is 6.32. The molecular weight excluding hydrogens is 364 g/mol. The van der Waals surface area contributed by atoms with Crippen LogP contribution in [0.2, 0.25) is 0 Å². The number of ether oxygens (including phenoxy) is 2. The van der Waals surface area contributed by atoms with E-state index >= 15 is 0 Å². The minimum Gasteiger partial charge on any atom is -0.495 e. The Bertz CT molecular complexity index is 913. The number of carbonyl (C=O) groups is 1. The number of hydrogen-bond acceptors (Lipinski definition) is 6. The van der Waals surface area contributed by atoms with Crippen LogP contribution in [0.1, 0.15) is 11.4 Å². The zero-order valence-corrected chi connectivity index (χ0v) is 15.9. The predicted molar refractivity (Wildman–Crippen MR) is 104 cm³/mol. The zero-order chi connectivity index (χ0) is 19.1. The summed E-state index contributed by atoms with van der Waals surface area (Å²) in [5.41, 5.74) is 1.69. The van der Waals surface area contributed by atoms with Gasteiger partial charge in [0.15, 0.2) is 5.82 Å². The number of aromatic amines is 1. The highest BCUT2D eigenvalue weighted by Crippen LogP contribution is 2.23. The molecule has 0 saturated carbocycles. The van der Waals surface area contributed by atoms with E-state index in [1.165, 1.54) is 11.8 Å². The second-order valence-electron chi connectivity index (χ2n) is 5.66. The molecule has 1 amide bonds. The number of amides is 1. The van der Waals surface area contributed by atoms with Crippen molar-refractivity contribution in [2.24, 2.45) is 0 Å². The summed E-state index contributed by atoms with van der Waals surface area (Å²) in [4.78, 5) is 16.5. The van der Waals surface area contributed by atoms with E-state index in [0.717, 1.165) is 11.3 Å². The van der Waals surface area contributed by atoms with Crippen molar-refractivity contribution in [2.75, 3.05) is 18.2 Å². The van der Waals surface area contributed by atoms with Gasteiger partial charge in [-0.1, -0.05) is 42.1 Å². The van der Waals surface area contributed by atoms with Crippen LogP contribution in [0.15, 0.2) is 53.7 Å². The van der Waals surface area contributed by atoms with Gasteiger partial charge >= 0.3 is 0 Å². The van der Waals surface area contributed by atoms with E-state index in [1.54, 1.807) is 19.2 Å². The SMILES string of the molecule is COc1ccccc1NC(=O)CSc1n[nH]c(COc2ccccc2C)n1. The van der Waals surface area contributed by atoms with Crippen molar-refractivity contribution in [3.8, 4) is 11.5 Å². The molecule has 27 heavy (non-hydrogen) atoms. The molecule has 3 rings (SSSR count). The van der Waals surface area contributed by atoms with Gasteiger partial charge in [-0.25, -0.2) is 4.98 Å². The lowest BCUT2D eigenvalue weighted by Crippen LogP contribution is -2.14. The topological polar surface area (TPSA) is 89.1 Å². The highest BCUT2D eigenvalue weighted by Gasteiger charge is 2.10. The number of nitrogens with zero attached hydrogens (tertiary/aromatic N) is 2. The maximum atomic E-state index is 12.1. The fourth-order valence-electron chi connectivity index (χ4n) is 2.34. The average Bonchev–Trinajstić information content (AvgIpc) is 3.14. The summed E-state index contributed by atoms with van der Waals surface area (Å²) in [5, 5.41) is 10.2. The summed E-state index contributed by atoms with van der Waals surface area (Å²) in [6.07, 6.45) is 0. The van der Waals surface area contributed by atoms with Gasteiger partial charge in [-0.2, -0.15) is 0 Å². The van der Waals surface area contributed by atoms with Crippen LogP contribution in [-0.2, 0) is 11.4 Å². The van der Waals surface area contributed by atoms with Gasteiger partial charge in [0.05, 0.1) is 18.6 Å². The third kappa shape index (κ3) is 5.24. The van der Waals surface area contributed by atoms with Crippen LogP contribution in [0.25, 0.3) is 0 Å². The van der Waals surface area contributed by atoms with E-state index in [1.807, 2.05) is 43.3 Å². The molecule has 0 bridgehead atoms. The van der Waals surface area contributed by atoms with Crippen molar-refractivity contribution in [1.82, 2.24) is 15.2 Å². The minimum absolute atomic E-state index is 0.160. The second-order valence-corrected chi connectivity index (χ2v) is 6.60. The number of hydrogen-bond donors (Lipinski definition) is 2. The fraction of sp³-hybridized carbons (Fsp3) is 0.211. The van der Waals surface area contributed by atoms with Crippen LogP contribution in [-0.4, -0.2) is 34.0 Å². The summed E-state index contributed by atoms with van der Waals surface area (Å²) in [6.45, 7) is 2.27. The van der Waals surface area contributed by atoms with E-state index in [2.05, 4.69) is 20.5 Å². The van der Waals surface area contributed by atoms with Crippen LogP contribution < -0.4 is 14.8 Å². The first-order valence-corrected chi connectivity index (χ1v) is 9.29. The van der Waals surface area contributed by atoms with Crippen LogP contribution in [0, 0.1) is 6.92 Å². The smallest absolute Gasteiger partial charge is 0.234 e.